The van der Waals surface area contributed by atoms with Gasteiger partial charge in [0.1, 0.15) is 0 Å². The molecule has 39 heavy (non-hydrogen) atoms. The van der Waals surface area contributed by atoms with Crippen molar-refractivity contribution >= 4 is 59.5 Å². The van der Waals surface area contributed by atoms with Crippen LogP contribution >= 0.6 is 15.9 Å². The largest absolute Gasteiger partial charge is 0.309 e. The summed E-state index contributed by atoms with van der Waals surface area (Å²) in [4.78, 5) is 0. The van der Waals surface area contributed by atoms with Gasteiger partial charge in [0.05, 0.1) is 22.1 Å². The van der Waals surface area contributed by atoms with E-state index in [0.29, 0.717) is 0 Å². The smallest absolute Gasteiger partial charge is 0.0641 e. The first kappa shape index (κ1) is 22.4. The van der Waals surface area contributed by atoms with Crippen LogP contribution in [0.25, 0.3) is 66.1 Å². The number of nitrogens with zero attached hydrogens (tertiary/aromatic N) is 2. The molecule has 3 heteroatoms. The number of benzene rings is 6. The maximum Gasteiger partial charge on any atom is 0.0641 e. The highest BCUT2D eigenvalue weighted by atomic mass is 79.9. The lowest BCUT2D eigenvalue weighted by molar-refractivity contribution is 1.17. The molecule has 184 valence electrons. The van der Waals surface area contributed by atoms with Crippen molar-refractivity contribution in [1.29, 1.82) is 0 Å². The summed E-state index contributed by atoms with van der Waals surface area (Å²) >= 11 is 3.88. The predicted octanol–water partition coefficient (Wildman–Crippen LogP) is 10.3. The Morgan fingerprint density at radius 3 is 1.59 bits per heavy atom. The van der Waals surface area contributed by atoms with E-state index >= 15 is 0 Å². The first-order valence-corrected chi connectivity index (χ1v) is 14.0. The molecular formula is C36H23BrN2. The van der Waals surface area contributed by atoms with Crippen molar-refractivity contribution in [2.24, 2.45) is 0 Å². The molecule has 0 fully saturated rings. The molecule has 0 atom stereocenters. The Kier molecular flexibility index (Phi) is 5.01. The van der Waals surface area contributed by atoms with Crippen LogP contribution < -0.4 is 0 Å². The minimum atomic E-state index is 1.09. The number of halogens is 1. The highest BCUT2D eigenvalue weighted by Gasteiger charge is 2.24. The molecule has 0 aliphatic rings. The number of aromatic nitrogens is 2. The predicted molar refractivity (Wildman–Crippen MR) is 168 cm³/mol. The Bertz CT molecular complexity index is 2170. The number of rotatable bonds is 3. The van der Waals surface area contributed by atoms with Gasteiger partial charge in [0.15, 0.2) is 0 Å². The molecule has 0 saturated heterocycles. The lowest BCUT2D eigenvalue weighted by atomic mass is 9.98. The second kappa shape index (κ2) is 8.72. The van der Waals surface area contributed by atoms with Gasteiger partial charge >= 0.3 is 0 Å². The standard InChI is InChI=1S/C36H23BrN2/c37-31-20-10-7-17-26(31)29-23-30-27-18-8-11-21-32(27)38(24-13-3-1-4-14-24)36(30)34-28-19-9-12-22-33(28)39(35(29)34)25-15-5-2-6-16-25/h1-23H. The first-order chi connectivity index (χ1) is 19.3. The van der Waals surface area contributed by atoms with Crippen LogP contribution in [0.4, 0.5) is 0 Å². The Balaban J connectivity index is 1.71. The molecule has 2 heterocycles. The fourth-order valence-electron chi connectivity index (χ4n) is 6.18. The highest BCUT2D eigenvalue weighted by Crippen LogP contribution is 2.47. The second-order valence-electron chi connectivity index (χ2n) is 9.90. The highest BCUT2D eigenvalue weighted by molar-refractivity contribution is 9.10. The second-order valence-corrected chi connectivity index (χ2v) is 10.8. The van der Waals surface area contributed by atoms with E-state index in [1.165, 1.54) is 54.7 Å². The normalized spacial score (nSPS) is 11.7. The summed E-state index contributed by atoms with van der Waals surface area (Å²) in [7, 11) is 0. The van der Waals surface area contributed by atoms with Crippen LogP contribution in [0.1, 0.15) is 0 Å². The lowest BCUT2D eigenvalue weighted by Gasteiger charge is -2.15. The van der Waals surface area contributed by atoms with Crippen molar-refractivity contribution in [1.82, 2.24) is 9.13 Å². The molecule has 0 aliphatic carbocycles. The van der Waals surface area contributed by atoms with Gasteiger partial charge in [-0.2, -0.15) is 0 Å². The van der Waals surface area contributed by atoms with Crippen molar-refractivity contribution in [2.75, 3.05) is 0 Å². The summed E-state index contributed by atoms with van der Waals surface area (Å²) in [5.74, 6) is 0. The van der Waals surface area contributed by atoms with Crippen molar-refractivity contribution in [3.8, 4) is 22.5 Å². The van der Waals surface area contributed by atoms with E-state index in [-0.39, 0.29) is 0 Å². The van der Waals surface area contributed by atoms with Crippen LogP contribution in [0, 0.1) is 0 Å². The molecule has 8 aromatic rings. The number of para-hydroxylation sites is 4. The Morgan fingerprint density at radius 2 is 0.923 bits per heavy atom. The zero-order chi connectivity index (χ0) is 25.9. The summed E-state index contributed by atoms with van der Waals surface area (Å²) in [5.41, 5.74) is 9.56. The zero-order valence-electron chi connectivity index (χ0n) is 21.1. The summed E-state index contributed by atoms with van der Waals surface area (Å²) in [6.07, 6.45) is 0. The van der Waals surface area contributed by atoms with Crippen LogP contribution in [-0.2, 0) is 0 Å². The minimum Gasteiger partial charge on any atom is -0.309 e. The molecule has 0 N–H and O–H groups in total. The van der Waals surface area contributed by atoms with E-state index in [4.69, 9.17) is 0 Å². The molecule has 0 unspecified atom stereocenters. The summed E-state index contributed by atoms with van der Waals surface area (Å²) in [5, 5.41) is 5.01. The van der Waals surface area contributed by atoms with E-state index in [1.54, 1.807) is 0 Å². The van der Waals surface area contributed by atoms with E-state index in [2.05, 4.69) is 165 Å². The molecule has 2 nitrogen and oxygen atoms in total. The van der Waals surface area contributed by atoms with E-state index in [1.807, 2.05) is 0 Å². The van der Waals surface area contributed by atoms with Gasteiger partial charge in [0.2, 0.25) is 0 Å². The maximum atomic E-state index is 3.88. The molecule has 0 aliphatic heterocycles. The molecule has 0 amide bonds. The summed E-state index contributed by atoms with van der Waals surface area (Å²) in [6, 6.07) is 50.0. The summed E-state index contributed by atoms with van der Waals surface area (Å²) in [6.45, 7) is 0. The molecule has 0 spiro atoms. The Labute approximate surface area is 234 Å². The van der Waals surface area contributed by atoms with Crippen LogP contribution in [0.3, 0.4) is 0 Å². The van der Waals surface area contributed by atoms with Gasteiger partial charge < -0.3 is 9.13 Å². The molecule has 2 aromatic heterocycles. The van der Waals surface area contributed by atoms with Crippen molar-refractivity contribution < 1.29 is 0 Å². The quantitative estimate of drug-likeness (QED) is 0.202. The third-order valence-electron chi connectivity index (χ3n) is 7.76. The topological polar surface area (TPSA) is 9.86 Å². The van der Waals surface area contributed by atoms with Gasteiger partial charge in [0.25, 0.3) is 0 Å². The Morgan fingerprint density at radius 1 is 0.410 bits per heavy atom. The van der Waals surface area contributed by atoms with Crippen molar-refractivity contribution in [2.45, 2.75) is 0 Å². The number of hydrogen-bond acceptors (Lipinski definition) is 0. The van der Waals surface area contributed by atoms with Crippen LogP contribution in [-0.4, -0.2) is 9.13 Å². The van der Waals surface area contributed by atoms with Gasteiger partial charge in [-0.1, -0.05) is 107 Å². The van der Waals surface area contributed by atoms with Crippen LogP contribution in [0.2, 0.25) is 0 Å². The van der Waals surface area contributed by atoms with E-state index in [0.717, 1.165) is 15.8 Å². The SMILES string of the molecule is Brc1ccccc1-c1cc2c3ccccc3n(-c3ccccc3)c2c2c3ccccc3n(-c3ccccc3)c12. The molecular weight excluding hydrogens is 540 g/mol. The van der Waals surface area contributed by atoms with Gasteiger partial charge in [-0.3, -0.25) is 0 Å². The van der Waals surface area contributed by atoms with Crippen molar-refractivity contribution in [3.63, 3.8) is 0 Å². The monoisotopic (exact) mass is 562 g/mol. The lowest BCUT2D eigenvalue weighted by Crippen LogP contribution is -1.97. The van der Waals surface area contributed by atoms with Crippen molar-refractivity contribution in [3.05, 3.63) is 144 Å². The third-order valence-corrected chi connectivity index (χ3v) is 8.45. The number of hydrogen-bond donors (Lipinski definition) is 0. The average Bonchev–Trinajstić information content (AvgIpc) is 3.51. The average molecular weight is 563 g/mol. The maximum absolute atomic E-state index is 3.88. The first-order valence-electron chi connectivity index (χ1n) is 13.2. The zero-order valence-corrected chi connectivity index (χ0v) is 22.6. The van der Waals surface area contributed by atoms with Crippen LogP contribution in [0.15, 0.2) is 144 Å². The number of fused-ring (bicyclic) bond motifs is 7. The third kappa shape index (κ3) is 3.27. The summed E-state index contributed by atoms with van der Waals surface area (Å²) < 4.78 is 5.96. The van der Waals surface area contributed by atoms with Gasteiger partial charge in [-0.15, -0.1) is 0 Å². The fraction of sp³-hybridized carbons (Fsp3) is 0. The minimum absolute atomic E-state index is 1.09. The van der Waals surface area contributed by atoms with Crippen LogP contribution in [0.5, 0.6) is 0 Å². The van der Waals surface area contributed by atoms with E-state index < -0.39 is 0 Å². The molecule has 0 saturated carbocycles. The Hall–Kier alpha value is -4.60. The van der Waals surface area contributed by atoms with E-state index in [9.17, 15) is 0 Å². The van der Waals surface area contributed by atoms with Gasteiger partial charge in [0, 0.05) is 43.0 Å². The molecule has 8 rings (SSSR count). The van der Waals surface area contributed by atoms with Gasteiger partial charge in [-0.05, 0) is 54.1 Å². The molecule has 6 aromatic carbocycles. The fourth-order valence-corrected chi connectivity index (χ4v) is 6.68. The van der Waals surface area contributed by atoms with Gasteiger partial charge in [-0.25, -0.2) is 0 Å². The molecule has 0 radical (unpaired) electrons. The molecule has 0 bridgehead atoms.